The van der Waals surface area contributed by atoms with Gasteiger partial charge in [-0.3, -0.25) is 0 Å². The minimum absolute atomic E-state index is 0.576. The Morgan fingerprint density at radius 2 is 1.07 bits per heavy atom. The van der Waals surface area contributed by atoms with E-state index < -0.39 is 0 Å². The number of thiophene rings is 1. The Morgan fingerprint density at radius 1 is 0.556 bits per heavy atom. The van der Waals surface area contributed by atoms with Gasteiger partial charge in [0.1, 0.15) is 0 Å². The summed E-state index contributed by atoms with van der Waals surface area (Å²) in [6.07, 6.45) is 0. The smallest absolute Gasteiger partial charge is 0.203 e. The van der Waals surface area contributed by atoms with E-state index in [4.69, 9.17) is 23.7 Å². The van der Waals surface area contributed by atoms with Gasteiger partial charge in [0.05, 0.1) is 35.5 Å². The van der Waals surface area contributed by atoms with E-state index in [1.807, 2.05) is 30.3 Å². The normalized spacial score (nSPS) is 10.4. The molecule has 5 nitrogen and oxygen atoms in total. The lowest BCUT2D eigenvalue weighted by Gasteiger charge is -2.15. The van der Waals surface area contributed by atoms with Crippen molar-refractivity contribution in [2.75, 3.05) is 35.5 Å². The van der Waals surface area contributed by atoms with E-state index in [0.29, 0.717) is 28.7 Å². The van der Waals surface area contributed by atoms with Gasteiger partial charge in [-0.2, -0.15) is 11.3 Å². The van der Waals surface area contributed by atoms with Crippen molar-refractivity contribution in [3.05, 3.63) is 41.1 Å². The van der Waals surface area contributed by atoms with Crippen molar-refractivity contribution in [2.24, 2.45) is 0 Å². The Balaban J connectivity index is 2.13. The molecule has 0 atom stereocenters. The van der Waals surface area contributed by atoms with Crippen molar-refractivity contribution in [1.29, 1.82) is 0 Å². The molecule has 3 rings (SSSR count). The highest BCUT2D eigenvalue weighted by atomic mass is 32.1. The molecule has 27 heavy (non-hydrogen) atoms. The van der Waals surface area contributed by atoms with Crippen LogP contribution in [0, 0.1) is 0 Å². The largest absolute Gasteiger partial charge is 0.493 e. The molecule has 0 saturated carbocycles. The third-order valence-electron chi connectivity index (χ3n) is 4.33. The molecule has 6 heteroatoms. The first-order chi connectivity index (χ1) is 13.2. The quantitative estimate of drug-likeness (QED) is 0.564. The summed E-state index contributed by atoms with van der Waals surface area (Å²) in [5.74, 6) is 3.21. The molecule has 0 aliphatic rings. The zero-order chi connectivity index (χ0) is 19.4. The van der Waals surface area contributed by atoms with E-state index in [2.05, 4.69) is 10.8 Å². The first-order valence-electron chi connectivity index (χ1n) is 8.25. The molecule has 0 radical (unpaired) electrons. The highest BCUT2D eigenvalue weighted by Crippen LogP contribution is 2.45. The van der Waals surface area contributed by atoms with Crippen molar-refractivity contribution in [2.45, 2.75) is 0 Å². The molecule has 142 valence electrons. The fourth-order valence-corrected chi connectivity index (χ4v) is 3.85. The zero-order valence-electron chi connectivity index (χ0n) is 16.0. The Bertz CT molecular complexity index is 907. The van der Waals surface area contributed by atoms with Crippen LogP contribution in [-0.4, -0.2) is 35.5 Å². The molecule has 0 fully saturated rings. The third-order valence-corrected chi connectivity index (χ3v) is 5.08. The number of hydrogen-bond acceptors (Lipinski definition) is 6. The summed E-state index contributed by atoms with van der Waals surface area (Å²) in [5, 5.41) is 4.21. The van der Waals surface area contributed by atoms with Crippen LogP contribution >= 0.6 is 11.3 Å². The molecular weight excluding hydrogens is 364 g/mol. The molecule has 1 heterocycles. The number of hydrogen-bond donors (Lipinski definition) is 0. The Kier molecular flexibility index (Phi) is 5.76. The van der Waals surface area contributed by atoms with Crippen LogP contribution in [0.4, 0.5) is 0 Å². The average molecular weight is 386 g/mol. The lowest BCUT2D eigenvalue weighted by molar-refractivity contribution is 0.324. The fraction of sp³-hybridized carbons (Fsp3) is 0.238. The molecular formula is C21H22O5S. The summed E-state index contributed by atoms with van der Waals surface area (Å²) >= 11 is 1.63. The molecule has 0 aliphatic carbocycles. The van der Waals surface area contributed by atoms with Crippen LogP contribution in [-0.2, 0) is 0 Å². The molecule has 1 aromatic heterocycles. The summed E-state index contributed by atoms with van der Waals surface area (Å²) in [7, 11) is 8.09. The molecule has 3 aromatic rings. The van der Waals surface area contributed by atoms with Gasteiger partial charge in [0, 0.05) is 11.1 Å². The predicted octanol–water partition coefficient (Wildman–Crippen LogP) is 5.13. The lowest BCUT2D eigenvalue weighted by Crippen LogP contribution is -1.96. The van der Waals surface area contributed by atoms with Crippen LogP contribution in [0.25, 0.3) is 22.3 Å². The standard InChI is InChI=1S/C21H22O5S/c1-22-17-7-6-13(8-18(17)23-2)15-11-27-12-16(15)14-9-19(24-3)21(26-5)20(10-14)25-4/h6-12H,1-5H3. The van der Waals surface area contributed by atoms with Gasteiger partial charge in [0.15, 0.2) is 23.0 Å². The van der Waals surface area contributed by atoms with Gasteiger partial charge in [-0.25, -0.2) is 0 Å². The van der Waals surface area contributed by atoms with Crippen molar-refractivity contribution in [1.82, 2.24) is 0 Å². The SMILES string of the molecule is COc1ccc(-c2cscc2-c2cc(OC)c(OC)c(OC)c2)cc1OC. The van der Waals surface area contributed by atoms with E-state index >= 15 is 0 Å². The van der Waals surface area contributed by atoms with Crippen molar-refractivity contribution in [3.8, 4) is 51.0 Å². The molecule has 0 spiro atoms. The maximum Gasteiger partial charge on any atom is 0.203 e. The Hall–Kier alpha value is -2.86. The van der Waals surface area contributed by atoms with Crippen LogP contribution in [0.2, 0.25) is 0 Å². The minimum Gasteiger partial charge on any atom is -0.493 e. The molecule has 0 saturated heterocycles. The number of ether oxygens (including phenoxy) is 5. The first kappa shape index (κ1) is 18.9. The van der Waals surface area contributed by atoms with Gasteiger partial charge in [0.2, 0.25) is 5.75 Å². The third kappa shape index (κ3) is 3.53. The van der Waals surface area contributed by atoms with E-state index in [9.17, 15) is 0 Å². The molecule has 0 bridgehead atoms. The van der Waals surface area contributed by atoms with Crippen molar-refractivity contribution < 1.29 is 23.7 Å². The van der Waals surface area contributed by atoms with Gasteiger partial charge in [0.25, 0.3) is 0 Å². The molecule has 0 N–H and O–H groups in total. The zero-order valence-corrected chi connectivity index (χ0v) is 16.8. The first-order valence-corrected chi connectivity index (χ1v) is 9.20. The monoisotopic (exact) mass is 386 g/mol. The topological polar surface area (TPSA) is 46.2 Å². The predicted molar refractivity (Wildman–Crippen MR) is 108 cm³/mol. The fourth-order valence-electron chi connectivity index (χ4n) is 2.98. The van der Waals surface area contributed by atoms with Gasteiger partial charge < -0.3 is 23.7 Å². The average Bonchev–Trinajstić information content (AvgIpc) is 3.21. The van der Waals surface area contributed by atoms with Gasteiger partial charge in [-0.1, -0.05) is 6.07 Å². The number of benzene rings is 2. The molecule has 0 unspecified atom stereocenters. The van der Waals surface area contributed by atoms with Crippen LogP contribution in [0.5, 0.6) is 28.7 Å². The lowest BCUT2D eigenvalue weighted by atomic mass is 9.98. The van der Waals surface area contributed by atoms with Gasteiger partial charge >= 0.3 is 0 Å². The second-order valence-corrected chi connectivity index (χ2v) is 6.43. The van der Waals surface area contributed by atoms with Gasteiger partial charge in [-0.15, -0.1) is 0 Å². The maximum absolute atomic E-state index is 5.49. The van der Waals surface area contributed by atoms with Crippen molar-refractivity contribution in [3.63, 3.8) is 0 Å². The summed E-state index contributed by atoms with van der Waals surface area (Å²) in [4.78, 5) is 0. The second kappa shape index (κ2) is 8.22. The van der Waals surface area contributed by atoms with Gasteiger partial charge in [-0.05, 0) is 46.2 Å². The highest BCUT2D eigenvalue weighted by Gasteiger charge is 2.17. The van der Waals surface area contributed by atoms with E-state index in [1.54, 1.807) is 46.9 Å². The second-order valence-electron chi connectivity index (χ2n) is 5.68. The summed E-state index contributed by atoms with van der Waals surface area (Å²) in [6, 6.07) is 9.80. The Morgan fingerprint density at radius 3 is 1.59 bits per heavy atom. The summed E-state index contributed by atoms with van der Waals surface area (Å²) in [5.41, 5.74) is 4.19. The van der Waals surface area contributed by atoms with Crippen LogP contribution in [0.15, 0.2) is 41.1 Å². The number of methoxy groups -OCH3 is 5. The van der Waals surface area contributed by atoms with Crippen LogP contribution < -0.4 is 23.7 Å². The molecule has 2 aromatic carbocycles. The molecule has 0 aliphatic heterocycles. The highest BCUT2D eigenvalue weighted by molar-refractivity contribution is 7.08. The maximum atomic E-state index is 5.49. The minimum atomic E-state index is 0.576. The van der Waals surface area contributed by atoms with Crippen LogP contribution in [0.1, 0.15) is 0 Å². The van der Waals surface area contributed by atoms with E-state index in [1.165, 1.54) is 0 Å². The van der Waals surface area contributed by atoms with E-state index in [0.717, 1.165) is 22.3 Å². The number of rotatable bonds is 7. The van der Waals surface area contributed by atoms with Crippen molar-refractivity contribution >= 4 is 11.3 Å². The molecule has 0 amide bonds. The summed E-state index contributed by atoms with van der Waals surface area (Å²) in [6.45, 7) is 0. The summed E-state index contributed by atoms with van der Waals surface area (Å²) < 4.78 is 27.2. The van der Waals surface area contributed by atoms with Crippen LogP contribution in [0.3, 0.4) is 0 Å². The Labute approximate surface area is 163 Å². The van der Waals surface area contributed by atoms with E-state index in [-0.39, 0.29) is 0 Å².